The van der Waals surface area contributed by atoms with E-state index in [0.29, 0.717) is 0 Å². The van der Waals surface area contributed by atoms with Crippen molar-refractivity contribution in [1.29, 1.82) is 0 Å². The fourth-order valence-electron chi connectivity index (χ4n) is 1.90. The minimum absolute atomic E-state index is 0.461. The predicted molar refractivity (Wildman–Crippen MR) is 65.3 cm³/mol. The summed E-state index contributed by atoms with van der Waals surface area (Å²) in [6.07, 6.45) is -3.38. The summed E-state index contributed by atoms with van der Waals surface area (Å²) in [7, 11) is 0. The van der Waals surface area contributed by atoms with Crippen LogP contribution in [0.2, 0.25) is 0 Å². The third-order valence-electron chi connectivity index (χ3n) is 2.87. The van der Waals surface area contributed by atoms with Gasteiger partial charge in [-0.2, -0.15) is 0 Å². The zero-order chi connectivity index (χ0) is 15.4. The van der Waals surface area contributed by atoms with Gasteiger partial charge in [0, 0.05) is 6.92 Å². The van der Waals surface area contributed by atoms with Crippen molar-refractivity contribution in [2.75, 3.05) is 6.61 Å². The number of aliphatic hydroxyl groups is 3. The van der Waals surface area contributed by atoms with Crippen LogP contribution in [0.5, 0.6) is 0 Å². The van der Waals surface area contributed by atoms with E-state index < -0.39 is 54.6 Å². The van der Waals surface area contributed by atoms with E-state index in [1.54, 1.807) is 0 Å². The molecule has 9 heteroatoms. The van der Waals surface area contributed by atoms with Crippen LogP contribution < -0.4 is 11.1 Å². The number of hydrogen-bond acceptors (Lipinski definition) is 7. The van der Waals surface area contributed by atoms with Crippen LogP contribution in [-0.4, -0.2) is 69.3 Å². The van der Waals surface area contributed by atoms with Gasteiger partial charge >= 0.3 is 5.97 Å². The number of aliphatic hydroxyl groups excluding tert-OH is 3. The highest BCUT2D eigenvalue weighted by Gasteiger charge is 2.42. The van der Waals surface area contributed by atoms with Crippen molar-refractivity contribution in [2.45, 2.75) is 37.3 Å². The van der Waals surface area contributed by atoms with E-state index in [2.05, 4.69) is 5.32 Å². The maximum Gasteiger partial charge on any atom is 0.370 e. The van der Waals surface area contributed by atoms with Crippen LogP contribution in [0.15, 0.2) is 11.8 Å². The standard InChI is InChI=1S/C11H18N2O7/c1-4(15)13-8-5(12)2-7(11(18)19)20-10(8)9(17)6(16)3-14/h2,5-6,8-10,14,16-17H,3,12H2,1H3,(H,13,15)(H,18,19)/t5-,6?,8+,9?,10+/m0/s1. The second-order valence-corrected chi connectivity index (χ2v) is 4.46. The van der Waals surface area contributed by atoms with E-state index in [0.717, 1.165) is 6.08 Å². The summed E-state index contributed by atoms with van der Waals surface area (Å²) < 4.78 is 5.06. The van der Waals surface area contributed by atoms with E-state index >= 15 is 0 Å². The molecule has 1 aliphatic heterocycles. The van der Waals surface area contributed by atoms with Crippen molar-refractivity contribution in [3.63, 3.8) is 0 Å². The molecule has 0 radical (unpaired) electrons. The molecule has 20 heavy (non-hydrogen) atoms. The Morgan fingerprint density at radius 1 is 1.50 bits per heavy atom. The third-order valence-corrected chi connectivity index (χ3v) is 2.87. The molecule has 9 nitrogen and oxygen atoms in total. The molecule has 0 aromatic carbocycles. The van der Waals surface area contributed by atoms with Crippen LogP contribution in [0.1, 0.15) is 6.92 Å². The molecule has 0 saturated heterocycles. The molecule has 1 amide bonds. The van der Waals surface area contributed by atoms with E-state index in [1.165, 1.54) is 6.92 Å². The van der Waals surface area contributed by atoms with Gasteiger partial charge in [-0.1, -0.05) is 0 Å². The predicted octanol–water partition coefficient (Wildman–Crippen LogP) is -3.10. The number of nitrogens with two attached hydrogens (primary N) is 1. The molecule has 0 fully saturated rings. The van der Waals surface area contributed by atoms with Gasteiger partial charge in [-0.05, 0) is 6.08 Å². The van der Waals surface area contributed by atoms with Crippen LogP contribution in [0.4, 0.5) is 0 Å². The Morgan fingerprint density at radius 2 is 2.10 bits per heavy atom. The first-order chi connectivity index (χ1) is 9.27. The van der Waals surface area contributed by atoms with Gasteiger partial charge in [-0.15, -0.1) is 0 Å². The number of nitrogens with one attached hydrogen (secondary N) is 1. The summed E-state index contributed by atoms with van der Waals surface area (Å²) in [6.45, 7) is 0.463. The van der Waals surface area contributed by atoms with Crippen LogP contribution in [0.25, 0.3) is 0 Å². The van der Waals surface area contributed by atoms with Crippen molar-refractivity contribution in [3.05, 3.63) is 11.8 Å². The molecule has 0 aromatic heterocycles. The van der Waals surface area contributed by atoms with Crippen LogP contribution in [-0.2, 0) is 14.3 Å². The Hall–Kier alpha value is -1.68. The Labute approximate surface area is 114 Å². The highest BCUT2D eigenvalue weighted by Crippen LogP contribution is 2.21. The molecular formula is C11H18N2O7. The van der Waals surface area contributed by atoms with E-state index in [9.17, 15) is 19.8 Å². The first-order valence-electron chi connectivity index (χ1n) is 5.89. The van der Waals surface area contributed by atoms with Crippen molar-refractivity contribution in [1.82, 2.24) is 5.32 Å². The van der Waals surface area contributed by atoms with Gasteiger partial charge in [0.1, 0.15) is 18.3 Å². The van der Waals surface area contributed by atoms with Gasteiger partial charge < -0.3 is 36.2 Å². The van der Waals surface area contributed by atoms with Gasteiger partial charge in [0.15, 0.2) is 0 Å². The summed E-state index contributed by atoms with van der Waals surface area (Å²) in [4.78, 5) is 22.0. The van der Waals surface area contributed by atoms with Crippen LogP contribution in [0.3, 0.4) is 0 Å². The average molecular weight is 290 g/mol. The van der Waals surface area contributed by atoms with Gasteiger partial charge in [0.2, 0.25) is 11.7 Å². The lowest BCUT2D eigenvalue weighted by molar-refractivity contribution is -0.145. The molecule has 5 atom stereocenters. The maximum absolute atomic E-state index is 11.1. The quantitative estimate of drug-likeness (QED) is 0.310. The third kappa shape index (κ3) is 3.67. The fourth-order valence-corrected chi connectivity index (χ4v) is 1.90. The van der Waals surface area contributed by atoms with Gasteiger partial charge in [-0.25, -0.2) is 4.79 Å². The molecule has 7 N–H and O–H groups in total. The maximum atomic E-state index is 11.1. The lowest BCUT2D eigenvalue weighted by Gasteiger charge is -2.38. The number of rotatable bonds is 5. The molecule has 1 aliphatic rings. The largest absolute Gasteiger partial charge is 0.478 e. The van der Waals surface area contributed by atoms with Crippen molar-refractivity contribution in [2.24, 2.45) is 5.73 Å². The monoisotopic (exact) mass is 290 g/mol. The second-order valence-electron chi connectivity index (χ2n) is 4.46. The second kappa shape index (κ2) is 6.66. The highest BCUT2D eigenvalue weighted by atomic mass is 16.5. The Morgan fingerprint density at radius 3 is 2.55 bits per heavy atom. The number of carbonyl (C=O) groups is 2. The number of hydrogen-bond donors (Lipinski definition) is 6. The molecule has 0 bridgehead atoms. The van der Waals surface area contributed by atoms with Crippen LogP contribution >= 0.6 is 0 Å². The zero-order valence-electron chi connectivity index (χ0n) is 10.8. The summed E-state index contributed by atoms with van der Waals surface area (Å²) >= 11 is 0. The average Bonchev–Trinajstić information content (AvgIpc) is 2.38. The number of aliphatic carboxylic acids is 1. The molecule has 0 spiro atoms. The first-order valence-corrected chi connectivity index (χ1v) is 5.89. The lowest BCUT2D eigenvalue weighted by atomic mass is 9.92. The first kappa shape index (κ1) is 16.4. The van der Waals surface area contributed by atoms with E-state index in [4.69, 9.17) is 20.7 Å². The normalized spacial score (nSPS) is 28.9. The molecule has 1 rings (SSSR count). The number of carboxylic acid groups (broad SMARTS) is 1. The highest BCUT2D eigenvalue weighted by molar-refractivity contribution is 5.84. The van der Waals surface area contributed by atoms with Crippen LogP contribution in [0, 0.1) is 0 Å². The molecule has 0 saturated carbocycles. The zero-order valence-corrected chi connectivity index (χ0v) is 10.8. The Kier molecular flexibility index (Phi) is 5.45. The van der Waals surface area contributed by atoms with Gasteiger partial charge in [-0.3, -0.25) is 4.79 Å². The number of carbonyl (C=O) groups excluding carboxylic acids is 1. The minimum atomic E-state index is -1.62. The molecule has 114 valence electrons. The van der Waals surface area contributed by atoms with E-state index in [1.807, 2.05) is 0 Å². The van der Waals surface area contributed by atoms with Gasteiger partial charge in [0.05, 0.1) is 18.7 Å². The molecule has 1 heterocycles. The number of carboxylic acids is 1. The van der Waals surface area contributed by atoms with Gasteiger partial charge in [0.25, 0.3) is 0 Å². The Bertz CT molecular complexity index is 412. The summed E-state index contributed by atoms with van der Waals surface area (Å²) in [5.74, 6) is -2.34. The summed E-state index contributed by atoms with van der Waals surface area (Å²) in [5, 5.41) is 39.5. The molecule has 0 aromatic rings. The smallest absolute Gasteiger partial charge is 0.370 e. The fraction of sp³-hybridized carbons (Fsp3) is 0.636. The van der Waals surface area contributed by atoms with Crippen molar-refractivity contribution >= 4 is 11.9 Å². The van der Waals surface area contributed by atoms with Crippen molar-refractivity contribution in [3.8, 4) is 0 Å². The van der Waals surface area contributed by atoms with Crippen molar-refractivity contribution < 1.29 is 34.8 Å². The molecule has 0 aliphatic carbocycles. The number of ether oxygens (including phenoxy) is 1. The topological polar surface area (TPSA) is 162 Å². The summed E-state index contributed by atoms with van der Waals surface area (Å²) in [6, 6.07) is -1.86. The lowest BCUT2D eigenvalue weighted by Crippen LogP contribution is -2.62. The summed E-state index contributed by atoms with van der Waals surface area (Å²) in [5.41, 5.74) is 5.74. The van der Waals surface area contributed by atoms with E-state index in [-0.39, 0.29) is 0 Å². The number of amides is 1. The SMILES string of the molecule is CC(=O)N[C@@H]1[C@@H](N)C=C(C(=O)O)O[C@H]1C(O)C(O)CO. The minimum Gasteiger partial charge on any atom is -0.478 e. The molecular weight excluding hydrogens is 272 g/mol. The molecule has 2 unspecified atom stereocenters. The Balaban J connectivity index is 3.04.